The number of carbonyl (C=O) groups is 1. The molecular weight excluding hydrogens is 388 g/mol. The Morgan fingerprint density at radius 3 is 2.48 bits per heavy atom. The van der Waals surface area contributed by atoms with Crippen molar-refractivity contribution in [1.29, 1.82) is 0 Å². The first kappa shape index (κ1) is 18.8. The van der Waals surface area contributed by atoms with Crippen molar-refractivity contribution >= 4 is 32.6 Å². The number of benzene rings is 3. The third kappa shape index (κ3) is 4.00. The Kier molecular flexibility index (Phi) is 4.82. The van der Waals surface area contributed by atoms with E-state index in [0.29, 0.717) is 12.2 Å². The molecule has 29 heavy (non-hydrogen) atoms. The fourth-order valence-corrected chi connectivity index (χ4v) is 4.27. The Balaban J connectivity index is 1.61. The number of carboxylic acid groups (broad SMARTS) is 1. The van der Waals surface area contributed by atoms with Crippen molar-refractivity contribution in [3.05, 3.63) is 96.2 Å². The van der Waals surface area contributed by atoms with Gasteiger partial charge in [-0.1, -0.05) is 36.4 Å². The van der Waals surface area contributed by atoms with Crippen LogP contribution in [-0.2, 0) is 16.6 Å². The molecule has 0 saturated carbocycles. The molecule has 0 saturated heterocycles. The van der Waals surface area contributed by atoms with Gasteiger partial charge in [-0.05, 0) is 53.4 Å². The number of hydrogen-bond donors (Lipinski definition) is 2. The lowest BCUT2D eigenvalue weighted by Crippen LogP contribution is -2.13. The Morgan fingerprint density at radius 1 is 0.931 bits per heavy atom. The highest BCUT2D eigenvalue weighted by Gasteiger charge is 2.14. The van der Waals surface area contributed by atoms with Gasteiger partial charge in [0.05, 0.1) is 10.5 Å². The van der Waals surface area contributed by atoms with E-state index < -0.39 is 16.0 Å². The number of rotatable bonds is 6. The zero-order chi connectivity index (χ0) is 20.4. The normalized spacial score (nSPS) is 11.4. The molecule has 146 valence electrons. The number of carboxylic acids is 1. The molecule has 0 amide bonds. The maximum absolute atomic E-state index is 12.5. The van der Waals surface area contributed by atoms with E-state index in [0.717, 1.165) is 16.5 Å². The number of aromatic nitrogens is 1. The van der Waals surface area contributed by atoms with E-state index in [1.165, 1.54) is 12.1 Å². The van der Waals surface area contributed by atoms with Crippen molar-refractivity contribution in [2.24, 2.45) is 0 Å². The van der Waals surface area contributed by atoms with Gasteiger partial charge in [0.15, 0.2) is 0 Å². The van der Waals surface area contributed by atoms with E-state index in [4.69, 9.17) is 0 Å². The van der Waals surface area contributed by atoms with Crippen LogP contribution in [0.3, 0.4) is 0 Å². The number of aromatic carboxylic acids is 1. The summed E-state index contributed by atoms with van der Waals surface area (Å²) in [6.45, 7) is 0.480. The molecule has 6 nitrogen and oxygen atoms in total. The molecule has 0 unspecified atom stereocenters. The highest BCUT2D eigenvalue weighted by molar-refractivity contribution is 7.92. The summed E-state index contributed by atoms with van der Waals surface area (Å²) in [5.41, 5.74) is 2.38. The van der Waals surface area contributed by atoms with Gasteiger partial charge >= 0.3 is 5.97 Å². The topological polar surface area (TPSA) is 88.4 Å². The van der Waals surface area contributed by atoms with Crippen molar-refractivity contribution in [3.8, 4) is 0 Å². The van der Waals surface area contributed by atoms with E-state index >= 15 is 0 Å². The van der Waals surface area contributed by atoms with Gasteiger partial charge in [0, 0.05) is 23.9 Å². The summed E-state index contributed by atoms with van der Waals surface area (Å²) in [7, 11) is -3.66. The van der Waals surface area contributed by atoms with Gasteiger partial charge < -0.3 is 9.67 Å². The number of nitrogens with zero attached hydrogens (tertiary/aromatic N) is 1. The van der Waals surface area contributed by atoms with Crippen LogP contribution >= 0.6 is 0 Å². The van der Waals surface area contributed by atoms with Crippen LogP contribution in [0.25, 0.3) is 10.9 Å². The summed E-state index contributed by atoms with van der Waals surface area (Å²) in [5, 5.41) is 10.2. The molecule has 4 rings (SSSR count). The molecule has 0 fully saturated rings. The van der Waals surface area contributed by atoms with Gasteiger partial charge in [-0.3, -0.25) is 4.72 Å². The number of sulfonamides is 1. The van der Waals surface area contributed by atoms with E-state index in [-0.39, 0.29) is 10.5 Å². The number of nitrogens with one attached hydrogen (secondary N) is 1. The fraction of sp³-hybridized carbons (Fsp3) is 0.0455. The fourth-order valence-electron chi connectivity index (χ4n) is 3.20. The van der Waals surface area contributed by atoms with Gasteiger partial charge in [-0.15, -0.1) is 0 Å². The van der Waals surface area contributed by atoms with E-state index in [9.17, 15) is 18.3 Å². The summed E-state index contributed by atoms with van der Waals surface area (Å²) in [5.74, 6) is -0.975. The van der Waals surface area contributed by atoms with Crippen LogP contribution < -0.4 is 4.72 Å². The second kappa shape index (κ2) is 7.44. The highest BCUT2D eigenvalue weighted by Crippen LogP contribution is 2.21. The number of fused-ring (bicyclic) bond motifs is 1. The Labute approximate surface area is 168 Å². The molecule has 0 bridgehead atoms. The molecule has 0 aliphatic carbocycles. The van der Waals surface area contributed by atoms with Crippen LogP contribution in [0.5, 0.6) is 0 Å². The van der Waals surface area contributed by atoms with Crippen LogP contribution in [0.15, 0.2) is 90.0 Å². The van der Waals surface area contributed by atoms with Gasteiger partial charge in [0.25, 0.3) is 10.0 Å². The predicted molar refractivity (Wildman–Crippen MR) is 112 cm³/mol. The smallest absolute Gasteiger partial charge is 0.335 e. The van der Waals surface area contributed by atoms with Gasteiger partial charge in [0.1, 0.15) is 0 Å². The lowest BCUT2D eigenvalue weighted by molar-refractivity contribution is 0.0697. The first-order valence-corrected chi connectivity index (χ1v) is 10.4. The third-order valence-corrected chi connectivity index (χ3v) is 6.00. The van der Waals surface area contributed by atoms with Crippen LogP contribution in [0, 0.1) is 0 Å². The Hall–Kier alpha value is -3.58. The van der Waals surface area contributed by atoms with Gasteiger partial charge in [-0.25, -0.2) is 13.2 Å². The number of hydrogen-bond acceptors (Lipinski definition) is 3. The molecule has 0 aliphatic rings. The van der Waals surface area contributed by atoms with Crippen LogP contribution in [0.2, 0.25) is 0 Å². The lowest BCUT2D eigenvalue weighted by atomic mass is 10.1. The highest BCUT2D eigenvalue weighted by atomic mass is 32.2. The maximum atomic E-state index is 12.5. The molecule has 7 heteroatoms. The van der Waals surface area contributed by atoms with Gasteiger partial charge in [-0.2, -0.15) is 0 Å². The molecule has 1 heterocycles. The van der Waals surface area contributed by atoms with Crippen LogP contribution in [-0.4, -0.2) is 24.1 Å². The lowest BCUT2D eigenvalue weighted by Gasteiger charge is -2.11. The largest absolute Gasteiger partial charge is 0.478 e. The Morgan fingerprint density at radius 2 is 1.72 bits per heavy atom. The summed E-state index contributed by atoms with van der Waals surface area (Å²) in [6, 6.07) is 22.2. The molecular formula is C22H18N2O4S. The SMILES string of the molecule is O=C(O)c1ccc2ccn(Cc3cccc(NS(=O)(=O)c4ccccc4)c3)c2c1. The first-order chi connectivity index (χ1) is 13.9. The molecule has 0 radical (unpaired) electrons. The molecule has 0 aliphatic heterocycles. The molecule has 4 aromatic rings. The van der Waals surface area contributed by atoms with E-state index in [2.05, 4.69) is 4.72 Å². The minimum absolute atomic E-state index is 0.197. The second-order valence-electron chi connectivity index (χ2n) is 6.64. The van der Waals surface area contributed by atoms with E-state index in [1.807, 2.05) is 22.9 Å². The quantitative estimate of drug-likeness (QED) is 0.503. The second-order valence-corrected chi connectivity index (χ2v) is 8.32. The minimum Gasteiger partial charge on any atom is -0.478 e. The number of anilines is 1. The predicted octanol–water partition coefficient (Wildman–Crippen LogP) is 4.19. The maximum Gasteiger partial charge on any atom is 0.335 e. The summed E-state index contributed by atoms with van der Waals surface area (Å²) < 4.78 is 29.6. The standard InChI is InChI=1S/C22H18N2O4S/c25-22(26)18-10-9-17-11-12-24(21(17)14-18)15-16-5-4-6-19(13-16)23-29(27,28)20-7-2-1-3-8-20/h1-14,23H,15H2,(H,25,26). The monoisotopic (exact) mass is 406 g/mol. The van der Waals surface area contributed by atoms with Crippen LogP contribution in [0.4, 0.5) is 5.69 Å². The van der Waals surface area contributed by atoms with Crippen LogP contribution in [0.1, 0.15) is 15.9 Å². The average molecular weight is 406 g/mol. The van der Waals surface area contributed by atoms with Gasteiger partial charge in [0.2, 0.25) is 0 Å². The molecule has 0 atom stereocenters. The summed E-state index contributed by atoms with van der Waals surface area (Å²) in [6.07, 6.45) is 1.89. The molecule has 2 N–H and O–H groups in total. The van der Waals surface area contributed by atoms with Crippen molar-refractivity contribution in [3.63, 3.8) is 0 Å². The zero-order valence-electron chi connectivity index (χ0n) is 15.3. The zero-order valence-corrected chi connectivity index (χ0v) is 16.1. The summed E-state index contributed by atoms with van der Waals surface area (Å²) in [4.78, 5) is 11.5. The molecule has 0 spiro atoms. The van der Waals surface area contributed by atoms with Crippen molar-refractivity contribution < 1.29 is 18.3 Å². The summed E-state index contributed by atoms with van der Waals surface area (Å²) >= 11 is 0. The molecule has 3 aromatic carbocycles. The Bertz CT molecular complexity index is 1290. The average Bonchev–Trinajstić information content (AvgIpc) is 3.10. The minimum atomic E-state index is -3.66. The first-order valence-electron chi connectivity index (χ1n) is 8.91. The van der Waals surface area contributed by atoms with E-state index in [1.54, 1.807) is 54.6 Å². The van der Waals surface area contributed by atoms with Crippen molar-refractivity contribution in [2.75, 3.05) is 4.72 Å². The molecule has 1 aromatic heterocycles. The van der Waals surface area contributed by atoms with Crippen molar-refractivity contribution in [2.45, 2.75) is 11.4 Å². The third-order valence-electron chi connectivity index (χ3n) is 4.61. The van der Waals surface area contributed by atoms with Crippen molar-refractivity contribution in [1.82, 2.24) is 4.57 Å².